The van der Waals surface area contributed by atoms with Gasteiger partial charge in [0, 0.05) is 18.7 Å². The number of hydrogen-bond donors (Lipinski definition) is 0. The zero-order valence-corrected chi connectivity index (χ0v) is 11.2. The highest BCUT2D eigenvalue weighted by atomic mass is 16.6. The van der Waals surface area contributed by atoms with Gasteiger partial charge in [0.1, 0.15) is 17.1 Å². The minimum absolute atomic E-state index is 0.0496. The maximum Gasteiger partial charge on any atom is 0.292 e. The van der Waals surface area contributed by atoms with Gasteiger partial charge in [-0.25, -0.2) is 0 Å². The third kappa shape index (κ3) is 2.13. The molecule has 0 N–H and O–H groups in total. The third-order valence-electron chi connectivity index (χ3n) is 3.63. The molecule has 0 radical (unpaired) electrons. The zero-order chi connectivity index (χ0) is 14.1. The Morgan fingerprint density at radius 3 is 2.95 bits per heavy atom. The molecule has 0 amide bonds. The van der Waals surface area contributed by atoms with Crippen LogP contribution in [0.25, 0.3) is 0 Å². The first-order chi connectivity index (χ1) is 9.66. The molecule has 1 saturated heterocycles. The number of aromatic nitrogens is 1. The third-order valence-corrected chi connectivity index (χ3v) is 3.63. The van der Waals surface area contributed by atoms with Crippen LogP contribution in [-0.2, 0) is 0 Å². The maximum absolute atomic E-state index is 11.2. The lowest BCUT2D eigenvalue weighted by Crippen LogP contribution is -2.23. The maximum atomic E-state index is 11.2. The number of anilines is 1. The Morgan fingerprint density at radius 1 is 1.45 bits per heavy atom. The van der Waals surface area contributed by atoms with Crippen molar-refractivity contribution in [1.82, 2.24) is 5.16 Å². The summed E-state index contributed by atoms with van der Waals surface area (Å²) in [6.07, 6.45) is 1.92. The lowest BCUT2D eigenvalue weighted by molar-refractivity contribution is -0.384. The van der Waals surface area contributed by atoms with Crippen LogP contribution in [0.15, 0.2) is 34.9 Å². The normalized spacial score (nSPS) is 18.4. The highest BCUT2D eigenvalue weighted by Gasteiger charge is 2.32. The zero-order valence-electron chi connectivity index (χ0n) is 11.2. The summed E-state index contributed by atoms with van der Waals surface area (Å²) in [7, 11) is 0. The van der Waals surface area contributed by atoms with Crippen molar-refractivity contribution in [2.24, 2.45) is 0 Å². The Morgan fingerprint density at radius 2 is 2.25 bits per heavy atom. The van der Waals surface area contributed by atoms with Gasteiger partial charge < -0.3 is 9.42 Å². The van der Waals surface area contributed by atoms with E-state index in [0.717, 1.165) is 30.8 Å². The Labute approximate surface area is 116 Å². The summed E-state index contributed by atoms with van der Waals surface area (Å²) in [6.45, 7) is 2.64. The van der Waals surface area contributed by atoms with E-state index >= 15 is 0 Å². The molecule has 104 valence electrons. The molecule has 0 unspecified atom stereocenters. The van der Waals surface area contributed by atoms with Gasteiger partial charge >= 0.3 is 0 Å². The van der Waals surface area contributed by atoms with Crippen molar-refractivity contribution < 1.29 is 9.45 Å². The van der Waals surface area contributed by atoms with E-state index in [0.29, 0.717) is 5.69 Å². The molecule has 6 nitrogen and oxygen atoms in total. The van der Waals surface area contributed by atoms with Crippen LogP contribution in [0.1, 0.15) is 30.3 Å². The first-order valence-corrected chi connectivity index (χ1v) is 6.60. The van der Waals surface area contributed by atoms with E-state index in [1.165, 1.54) is 0 Å². The fraction of sp³-hybridized carbons (Fsp3) is 0.357. The SMILES string of the molecule is Cc1cc([C@@H]2CCCN2c2ccccc2[N+](=O)[O-])no1. The second kappa shape index (κ2) is 4.96. The minimum Gasteiger partial charge on any atom is -0.361 e. The number of nitrogens with zero attached hydrogens (tertiary/aromatic N) is 3. The van der Waals surface area contributed by atoms with E-state index in [1.807, 2.05) is 19.1 Å². The van der Waals surface area contributed by atoms with Gasteiger partial charge in [-0.05, 0) is 25.8 Å². The minimum atomic E-state index is -0.335. The van der Waals surface area contributed by atoms with Crippen LogP contribution < -0.4 is 4.90 Å². The highest BCUT2D eigenvalue weighted by Crippen LogP contribution is 2.39. The molecule has 0 spiro atoms. The standard InChI is InChI=1S/C14H15N3O3/c1-10-9-11(15-20-10)12-7-4-8-16(12)13-5-2-3-6-14(13)17(18)19/h2-3,5-6,9,12H,4,7-8H2,1H3/t12-/m0/s1. The number of rotatable bonds is 3. The average Bonchev–Trinajstić information content (AvgIpc) is 3.06. The van der Waals surface area contributed by atoms with E-state index in [-0.39, 0.29) is 16.7 Å². The molecular weight excluding hydrogens is 258 g/mol. The van der Waals surface area contributed by atoms with Crippen LogP contribution in [0.4, 0.5) is 11.4 Å². The van der Waals surface area contributed by atoms with Gasteiger partial charge in [0.25, 0.3) is 5.69 Å². The number of para-hydroxylation sites is 2. The lowest BCUT2D eigenvalue weighted by Gasteiger charge is -2.24. The monoisotopic (exact) mass is 273 g/mol. The predicted molar refractivity (Wildman–Crippen MR) is 73.7 cm³/mol. The van der Waals surface area contributed by atoms with E-state index in [9.17, 15) is 10.1 Å². The van der Waals surface area contributed by atoms with Crippen molar-refractivity contribution in [2.45, 2.75) is 25.8 Å². The topological polar surface area (TPSA) is 72.4 Å². The molecule has 1 aliphatic rings. The highest BCUT2D eigenvalue weighted by molar-refractivity contribution is 5.64. The Bertz CT molecular complexity index is 638. The first kappa shape index (κ1) is 12.7. The lowest BCUT2D eigenvalue weighted by atomic mass is 10.1. The Kier molecular flexibility index (Phi) is 3.14. The van der Waals surface area contributed by atoms with Crippen LogP contribution in [0.5, 0.6) is 0 Å². The van der Waals surface area contributed by atoms with Crippen LogP contribution >= 0.6 is 0 Å². The van der Waals surface area contributed by atoms with E-state index < -0.39 is 0 Å². The largest absolute Gasteiger partial charge is 0.361 e. The summed E-state index contributed by atoms with van der Waals surface area (Å²) >= 11 is 0. The summed E-state index contributed by atoms with van der Waals surface area (Å²) in [5.74, 6) is 0.759. The molecule has 20 heavy (non-hydrogen) atoms. The number of hydrogen-bond acceptors (Lipinski definition) is 5. The molecule has 2 aromatic rings. The molecule has 2 heterocycles. The van der Waals surface area contributed by atoms with Crippen LogP contribution in [0.2, 0.25) is 0 Å². The van der Waals surface area contributed by atoms with Crippen molar-refractivity contribution in [3.63, 3.8) is 0 Å². The van der Waals surface area contributed by atoms with Gasteiger partial charge in [0.15, 0.2) is 0 Å². The average molecular weight is 273 g/mol. The summed E-state index contributed by atoms with van der Waals surface area (Å²) in [5.41, 5.74) is 1.64. The summed E-state index contributed by atoms with van der Waals surface area (Å²) in [4.78, 5) is 12.9. The Balaban J connectivity index is 1.99. The van der Waals surface area contributed by atoms with Crippen molar-refractivity contribution >= 4 is 11.4 Å². The van der Waals surface area contributed by atoms with Crippen LogP contribution in [-0.4, -0.2) is 16.6 Å². The van der Waals surface area contributed by atoms with Gasteiger partial charge in [-0.15, -0.1) is 0 Å². The molecule has 0 bridgehead atoms. The van der Waals surface area contributed by atoms with Gasteiger partial charge in [-0.2, -0.15) is 0 Å². The quantitative estimate of drug-likeness (QED) is 0.634. The smallest absolute Gasteiger partial charge is 0.292 e. The van der Waals surface area contributed by atoms with Crippen molar-refractivity contribution in [1.29, 1.82) is 0 Å². The number of nitro benzene ring substituents is 1. The van der Waals surface area contributed by atoms with Crippen molar-refractivity contribution in [3.8, 4) is 0 Å². The molecule has 1 atom stereocenters. The van der Waals surface area contributed by atoms with Gasteiger partial charge in [0.2, 0.25) is 0 Å². The van der Waals surface area contributed by atoms with Gasteiger partial charge in [-0.1, -0.05) is 17.3 Å². The van der Waals surface area contributed by atoms with Crippen molar-refractivity contribution in [2.75, 3.05) is 11.4 Å². The van der Waals surface area contributed by atoms with E-state index in [4.69, 9.17) is 4.52 Å². The first-order valence-electron chi connectivity index (χ1n) is 6.60. The second-order valence-corrected chi connectivity index (χ2v) is 4.96. The summed E-state index contributed by atoms with van der Waals surface area (Å²) < 4.78 is 5.13. The molecule has 0 saturated carbocycles. The van der Waals surface area contributed by atoms with Crippen LogP contribution in [0.3, 0.4) is 0 Å². The molecule has 3 rings (SSSR count). The van der Waals surface area contributed by atoms with Gasteiger partial charge in [-0.3, -0.25) is 10.1 Å². The molecule has 6 heteroatoms. The fourth-order valence-electron chi connectivity index (χ4n) is 2.77. The van der Waals surface area contributed by atoms with E-state index in [1.54, 1.807) is 18.2 Å². The molecular formula is C14H15N3O3. The molecule has 0 aliphatic carbocycles. The molecule has 1 fully saturated rings. The molecule has 1 aliphatic heterocycles. The second-order valence-electron chi connectivity index (χ2n) is 4.96. The summed E-state index contributed by atoms with van der Waals surface area (Å²) in [5, 5.41) is 15.2. The number of nitro groups is 1. The number of aryl methyl sites for hydroxylation is 1. The predicted octanol–water partition coefficient (Wildman–Crippen LogP) is 3.23. The fourth-order valence-corrected chi connectivity index (χ4v) is 2.77. The Hall–Kier alpha value is -2.37. The molecule has 1 aromatic carbocycles. The summed E-state index contributed by atoms with van der Waals surface area (Å²) in [6, 6.07) is 8.80. The van der Waals surface area contributed by atoms with E-state index in [2.05, 4.69) is 10.1 Å². The number of benzene rings is 1. The van der Waals surface area contributed by atoms with Crippen LogP contribution in [0, 0.1) is 17.0 Å². The van der Waals surface area contributed by atoms with Crippen molar-refractivity contribution in [3.05, 3.63) is 51.9 Å². The van der Waals surface area contributed by atoms with Gasteiger partial charge in [0.05, 0.1) is 11.0 Å². The molecule has 1 aromatic heterocycles.